The lowest BCUT2D eigenvalue weighted by molar-refractivity contribution is 0.102. The number of nitrogens with zero attached hydrogens (tertiary/aromatic N) is 2. The molecule has 0 bridgehead atoms. The number of carbonyl (C=O) groups is 1. The second kappa shape index (κ2) is 5.52. The number of anilines is 1. The summed E-state index contributed by atoms with van der Waals surface area (Å²) in [7, 11) is 2.20. The minimum absolute atomic E-state index is 0.204. The Bertz CT molecular complexity index is 505. The van der Waals surface area contributed by atoms with Crippen LogP contribution in [0, 0.1) is 11.7 Å². The normalized spacial score (nSPS) is 27.2. The predicted molar refractivity (Wildman–Crippen MR) is 77.8 cm³/mol. The van der Waals surface area contributed by atoms with Crippen molar-refractivity contribution in [1.29, 1.82) is 0 Å². The molecule has 2 aliphatic rings. The number of benzene rings is 1. The zero-order valence-electron chi connectivity index (χ0n) is 11.9. The highest BCUT2D eigenvalue weighted by atomic mass is 19.1. The van der Waals surface area contributed by atoms with Crippen molar-refractivity contribution >= 4 is 12.0 Å². The van der Waals surface area contributed by atoms with Crippen LogP contribution in [0.15, 0.2) is 18.2 Å². The molecule has 1 aromatic carbocycles. The summed E-state index contributed by atoms with van der Waals surface area (Å²) in [6, 6.07) is 5.55. The van der Waals surface area contributed by atoms with Crippen LogP contribution >= 0.6 is 0 Å². The molecule has 0 aliphatic carbocycles. The van der Waals surface area contributed by atoms with E-state index in [1.54, 1.807) is 6.07 Å². The Kier molecular flexibility index (Phi) is 3.74. The fourth-order valence-electron chi connectivity index (χ4n) is 3.79. The van der Waals surface area contributed by atoms with Crippen molar-refractivity contribution in [3.63, 3.8) is 0 Å². The van der Waals surface area contributed by atoms with E-state index in [1.807, 2.05) is 6.07 Å². The third kappa shape index (κ3) is 2.33. The highest BCUT2D eigenvalue weighted by Gasteiger charge is 2.34. The number of piperidine rings is 2. The molecule has 0 amide bonds. The van der Waals surface area contributed by atoms with E-state index < -0.39 is 5.82 Å². The van der Waals surface area contributed by atoms with Gasteiger partial charge < -0.3 is 9.80 Å². The molecule has 108 valence electrons. The summed E-state index contributed by atoms with van der Waals surface area (Å²) in [6.07, 6.45) is 4.20. The lowest BCUT2D eigenvalue weighted by atomic mass is 9.84. The van der Waals surface area contributed by atoms with Gasteiger partial charge in [0.1, 0.15) is 5.82 Å². The van der Waals surface area contributed by atoms with Crippen LogP contribution in [0.25, 0.3) is 0 Å². The molecule has 4 heteroatoms. The van der Waals surface area contributed by atoms with Gasteiger partial charge in [-0.3, -0.25) is 4.79 Å². The first-order valence-electron chi connectivity index (χ1n) is 7.39. The van der Waals surface area contributed by atoms with Gasteiger partial charge in [-0.15, -0.1) is 0 Å². The van der Waals surface area contributed by atoms with E-state index in [2.05, 4.69) is 16.8 Å². The maximum Gasteiger partial charge on any atom is 0.155 e. The minimum Gasteiger partial charge on any atom is -0.370 e. The monoisotopic (exact) mass is 276 g/mol. The molecule has 2 aliphatic heterocycles. The predicted octanol–water partition coefficient (Wildman–Crippen LogP) is 2.56. The Morgan fingerprint density at radius 1 is 1.30 bits per heavy atom. The summed E-state index contributed by atoms with van der Waals surface area (Å²) in [5, 5.41) is 0. The van der Waals surface area contributed by atoms with Gasteiger partial charge >= 0.3 is 0 Å². The molecule has 20 heavy (non-hydrogen) atoms. The molecular weight excluding hydrogens is 255 g/mol. The number of rotatable bonds is 2. The van der Waals surface area contributed by atoms with Gasteiger partial charge in [0.2, 0.25) is 0 Å². The molecule has 2 heterocycles. The fourth-order valence-corrected chi connectivity index (χ4v) is 3.79. The third-order valence-corrected chi connectivity index (χ3v) is 4.83. The Morgan fingerprint density at radius 2 is 2.15 bits per heavy atom. The van der Waals surface area contributed by atoms with Crippen LogP contribution in [0.5, 0.6) is 0 Å². The second-order valence-electron chi connectivity index (χ2n) is 5.98. The highest BCUT2D eigenvalue weighted by molar-refractivity contribution is 5.85. The molecular formula is C16H21FN2O. The quantitative estimate of drug-likeness (QED) is 0.776. The lowest BCUT2D eigenvalue weighted by Gasteiger charge is -2.46. The molecule has 1 aromatic rings. The molecule has 2 unspecified atom stereocenters. The zero-order chi connectivity index (χ0) is 14.1. The van der Waals surface area contributed by atoms with Crippen molar-refractivity contribution in [1.82, 2.24) is 4.90 Å². The Hall–Kier alpha value is -1.42. The van der Waals surface area contributed by atoms with E-state index >= 15 is 0 Å². The molecule has 0 radical (unpaired) electrons. The number of likely N-dealkylation sites (tertiary alicyclic amines) is 1. The van der Waals surface area contributed by atoms with E-state index in [1.165, 1.54) is 25.5 Å². The van der Waals surface area contributed by atoms with Crippen LogP contribution in [0.2, 0.25) is 0 Å². The highest BCUT2D eigenvalue weighted by Crippen LogP contribution is 2.33. The largest absolute Gasteiger partial charge is 0.370 e. The number of fused-ring (bicyclic) bond motifs is 1. The van der Waals surface area contributed by atoms with Crippen molar-refractivity contribution in [3.8, 4) is 0 Å². The average Bonchev–Trinajstić information content (AvgIpc) is 2.47. The number of carbonyl (C=O) groups excluding carboxylic acids is 1. The smallest absolute Gasteiger partial charge is 0.155 e. The molecule has 0 N–H and O–H groups in total. The van der Waals surface area contributed by atoms with Gasteiger partial charge in [0, 0.05) is 19.1 Å². The number of hydrogen-bond donors (Lipinski definition) is 0. The van der Waals surface area contributed by atoms with Crippen LogP contribution in [-0.2, 0) is 0 Å². The summed E-state index contributed by atoms with van der Waals surface area (Å²) < 4.78 is 13.7. The molecule has 0 spiro atoms. The summed E-state index contributed by atoms with van der Waals surface area (Å²) in [5.41, 5.74) is 0.960. The fraction of sp³-hybridized carbons (Fsp3) is 0.562. The van der Waals surface area contributed by atoms with Crippen molar-refractivity contribution in [3.05, 3.63) is 29.6 Å². The van der Waals surface area contributed by atoms with E-state index in [9.17, 15) is 9.18 Å². The Balaban J connectivity index is 1.83. The standard InChI is InChI=1S/C16H21FN2O/c1-18-8-3-4-12-10-19(9-7-15(12)18)16-6-2-5-14(17)13(16)11-20/h2,5-6,11-12,15H,3-4,7-10H2,1H3. The average molecular weight is 276 g/mol. The van der Waals surface area contributed by atoms with Crippen LogP contribution < -0.4 is 4.90 Å². The Labute approximate surface area is 119 Å². The van der Waals surface area contributed by atoms with Crippen molar-refractivity contribution in [2.24, 2.45) is 5.92 Å². The number of aldehydes is 1. The van der Waals surface area contributed by atoms with Gasteiger partial charge in [0.05, 0.1) is 11.3 Å². The first-order chi connectivity index (χ1) is 9.70. The van der Waals surface area contributed by atoms with E-state index in [0.29, 0.717) is 18.2 Å². The van der Waals surface area contributed by atoms with Crippen molar-refractivity contribution < 1.29 is 9.18 Å². The SMILES string of the molecule is CN1CCCC2CN(c3cccc(F)c3C=O)CCC21. The number of hydrogen-bond acceptors (Lipinski definition) is 3. The molecule has 2 fully saturated rings. The Morgan fingerprint density at radius 3 is 2.95 bits per heavy atom. The van der Waals surface area contributed by atoms with Crippen LogP contribution in [0.4, 0.5) is 10.1 Å². The van der Waals surface area contributed by atoms with E-state index in [0.717, 1.165) is 25.2 Å². The lowest BCUT2D eigenvalue weighted by Crippen LogP contribution is -2.52. The molecule has 0 aromatic heterocycles. The van der Waals surface area contributed by atoms with Gasteiger partial charge in [0.15, 0.2) is 6.29 Å². The summed E-state index contributed by atoms with van der Waals surface area (Å²) in [5.74, 6) is 0.214. The minimum atomic E-state index is -0.416. The number of halogens is 1. The first kappa shape index (κ1) is 13.6. The van der Waals surface area contributed by atoms with Crippen molar-refractivity contribution in [2.75, 3.05) is 31.6 Å². The maximum absolute atomic E-state index is 13.7. The zero-order valence-corrected chi connectivity index (χ0v) is 11.9. The summed E-state index contributed by atoms with van der Waals surface area (Å²) in [4.78, 5) is 15.8. The molecule has 3 rings (SSSR count). The van der Waals surface area contributed by atoms with Gasteiger partial charge in [-0.2, -0.15) is 0 Å². The van der Waals surface area contributed by atoms with Gasteiger partial charge in [-0.05, 0) is 50.9 Å². The topological polar surface area (TPSA) is 23.6 Å². The summed E-state index contributed by atoms with van der Waals surface area (Å²) in [6.45, 7) is 3.01. The van der Waals surface area contributed by atoms with Crippen LogP contribution in [0.3, 0.4) is 0 Å². The summed E-state index contributed by atoms with van der Waals surface area (Å²) >= 11 is 0. The maximum atomic E-state index is 13.7. The van der Waals surface area contributed by atoms with Crippen molar-refractivity contribution in [2.45, 2.75) is 25.3 Å². The molecule has 2 saturated heterocycles. The second-order valence-corrected chi connectivity index (χ2v) is 5.98. The van der Waals surface area contributed by atoms with E-state index in [-0.39, 0.29) is 5.56 Å². The van der Waals surface area contributed by atoms with Gasteiger partial charge in [0.25, 0.3) is 0 Å². The third-order valence-electron chi connectivity index (χ3n) is 4.83. The van der Waals surface area contributed by atoms with Gasteiger partial charge in [-0.25, -0.2) is 4.39 Å². The van der Waals surface area contributed by atoms with Crippen LogP contribution in [0.1, 0.15) is 29.6 Å². The molecule has 2 atom stereocenters. The molecule has 3 nitrogen and oxygen atoms in total. The van der Waals surface area contributed by atoms with Gasteiger partial charge in [-0.1, -0.05) is 6.07 Å². The van der Waals surface area contributed by atoms with E-state index in [4.69, 9.17) is 0 Å². The first-order valence-corrected chi connectivity index (χ1v) is 7.39. The molecule has 0 saturated carbocycles. The van der Waals surface area contributed by atoms with Crippen LogP contribution in [-0.4, -0.2) is 43.9 Å².